The summed E-state index contributed by atoms with van der Waals surface area (Å²) in [5.41, 5.74) is -1.25. The Labute approximate surface area is 116 Å². The van der Waals surface area contributed by atoms with Crippen molar-refractivity contribution in [3.8, 4) is 11.8 Å². The molecule has 1 aromatic carbocycles. The highest BCUT2D eigenvalue weighted by atomic mass is 32.2. The molecular formula is C13H14FNO4S. The van der Waals surface area contributed by atoms with Crippen LogP contribution in [-0.4, -0.2) is 32.1 Å². The second kappa shape index (κ2) is 5.04. The van der Waals surface area contributed by atoms with Gasteiger partial charge in [0.25, 0.3) is 0 Å². The van der Waals surface area contributed by atoms with Crippen molar-refractivity contribution in [3.63, 3.8) is 0 Å². The Bertz CT molecular complexity index is 667. The molecule has 0 spiro atoms. The zero-order valence-electron chi connectivity index (χ0n) is 10.8. The normalized spacial score (nSPS) is 25.9. The maximum Gasteiger partial charge on any atom is 0.165 e. The van der Waals surface area contributed by atoms with Crippen LogP contribution in [0.2, 0.25) is 0 Å². The van der Waals surface area contributed by atoms with Crippen molar-refractivity contribution in [2.24, 2.45) is 5.41 Å². The predicted octanol–water partition coefficient (Wildman–Crippen LogP) is 1.20. The Morgan fingerprint density at radius 1 is 1.55 bits per heavy atom. The molecular weight excluding hydrogens is 285 g/mol. The molecule has 1 aliphatic rings. The fourth-order valence-electron chi connectivity index (χ4n) is 2.41. The number of hydrogen-bond acceptors (Lipinski definition) is 5. The van der Waals surface area contributed by atoms with E-state index in [-0.39, 0.29) is 23.5 Å². The highest BCUT2D eigenvalue weighted by Gasteiger charge is 2.48. The number of ether oxygens (including phenoxy) is 1. The number of nitriles is 1. The topological polar surface area (TPSA) is 87.4 Å². The van der Waals surface area contributed by atoms with E-state index in [4.69, 9.17) is 4.74 Å². The summed E-state index contributed by atoms with van der Waals surface area (Å²) in [5.74, 6) is -1.20. The molecule has 1 N–H and O–H groups in total. The molecule has 2 unspecified atom stereocenters. The molecule has 20 heavy (non-hydrogen) atoms. The van der Waals surface area contributed by atoms with Crippen LogP contribution in [-0.2, 0) is 9.84 Å². The van der Waals surface area contributed by atoms with Gasteiger partial charge >= 0.3 is 0 Å². The van der Waals surface area contributed by atoms with Gasteiger partial charge in [-0.05, 0) is 24.1 Å². The van der Waals surface area contributed by atoms with Crippen LogP contribution in [0.1, 0.15) is 18.1 Å². The van der Waals surface area contributed by atoms with E-state index in [0.717, 1.165) is 6.07 Å². The minimum absolute atomic E-state index is 0.0194. The van der Waals surface area contributed by atoms with Gasteiger partial charge in [-0.1, -0.05) is 6.07 Å². The third-order valence-corrected chi connectivity index (χ3v) is 5.36. The highest BCUT2D eigenvalue weighted by Crippen LogP contribution is 2.43. The van der Waals surface area contributed by atoms with Crippen molar-refractivity contribution in [2.75, 3.05) is 18.6 Å². The van der Waals surface area contributed by atoms with Crippen molar-refractivity contribution in [1.82, 2.24) is 0 Å². The molecule has 0 radical (unpaired) electrons. The average Bonchev–Trinajstić information content (AvgIpc) is 2.74. The number of hydrogen-bond donors (Lipinski definition) is 1. The number of halogens is 1. The van der Waals surface area contributed by atoms with Gasteiger partial charge < -0.3 is 9.84 Å². The lowest BCUT2D eigenvalue weighted by Gasteiger charge is -2.26. The van der Waals surface area contributed by atoms with Gasteiger partial charge in [-0.25, -0.2) is 12.8 Å². The van der Waals surface area contributed by atoms with E-state index < -0.39 is 32.9 Å². The Kier molecular flexibility index (Phi) is 3.71. The van der Waals surface area contributed by atoms with Crippen LogP contribution >= 0.6 is 0 Å². The maximum atomic E-state index is 13.6. The Morgan fingerprint density at radius 3 is 2.70 bits per heavy atom. The van der Waals surface area contributed by atoms with Crippen molar-refractivity contribution in [1.29, 1.82) is 5.26 Å². The molecule has 0 saturated carbocycles. The van der Waals surface area contributed by atoms with E-state index in [9.17, 15) is 23.2 Å². The molecule has 1 saturated heterocycles. The summed E-state index contributed by atoms with van der Waals surface area (Å²) in [5, 5.41) is 19.6. The largest absolute Gasteiger partial charge is 0.494 e. The van der Waals surface area contributed by atoms with Gasteiger partial charge in [-0.3, -0.25) is 0 Å². The summed E-state index contributed by atoms with van der Waals surface area (Å²) < 4.78 is 41.5. The van der Waals surface area contributed by atoms with Gasteiger partial charge in [-0.15, -0.1) is 0 Å². The minimum Gasteiger partial charge on any atom is -0.494 e. The minimum atomic E-state index is -3.34. The van der Waals surface area contributed by atoms with E-state index in [1.165, 1.54) is 19.2 Å². The molecule has 7 heteroatoms. The zero-order chi connectivity index (χ0) is 15.0. The van der Waals surface area contributed by atoms with E-state index >= 15 is 0 Å². The summed E-state index contributed by atoms with van der Waals surface area (Å²) in [6.45, 7) is 0. The molecule has 0 bridgehead atoms. The Balaban J connectivity index is 2.38. The summed E-state index contributed by atoms with van der Waals surface area (Å²) in [4.78, 5) is 0. The SMILES string of the molecule is COc1ccc(C(O)C2(C#N)CCS(=O)(=O)C2)cc1F. The summed E-state index contributed by atoms with van der Waals surface area (Å²) in [6.07, 6.45) is -1.31. The van der Waals surface area contributed by atoms with E-state index in [0.29, 0.717) is 0 Å². The molecule has 2 atom stereocenters. The molecule has 1 fully saturated rings. The fourth-order valence-corrected chi connectivity index (χ4v) is 4.38. The number of benzene rings is 1. The van der Waals surface area contributed by atoms with Crippen molar-refractivity contribution in [3.05, 3.63) is 29.6 Å². The first-order valence-electron chi connectivity index (χ1n) is 5.97. The third-order valence-electron chi connectivity index (χ3n) is 3.57. The maximum absolute atomic E-state index is 13.6. The molecule has 5 nitrogen and oxygen atoms in total. The first-order valence-corrected chi connectivity index (χ1v) is 7.79. The Morgan fingerprint density at radius 2 is 2.25 bits per heavy atom. The second-order valence-electron chi connectivity index (χ2n) is 4.91. The molecule has 1 aromatic rings. The molecule has 1 heterocycles. The summed E-state index contributed by atoms with van der Waals surface area (Å²) >= 11 is 0. The zero-order valence-corrected chi connectivity index (χ0v) is 11.7. The van der Waals surface area contributed by atoms with Crippen LogP contribution in [0.15, 0.2) is 18.2 Å². The first kappa shape index (κ1) is 14.8. The van der Waals surface area contributed by atoms with Gasteiger partial charge in [-0.2, -0.15) is 5.26 Å². The van der Waals surface area contributed by atoms with Crippen molar-refractivity contribution < 1.29 is 22.7 Å². The van der Waals surface area contributed by atoms with Crippen molar-refractivity contribution >= 4 is 9.84 Å². The fraction of sp³-hybridized carbons (Fsp3) is 0.462. The number of sulfone groups is 1. The summed E-state index contributed by atoms with van der Waals surface area (Å²) in [6, 6.07) is 5.72. The number of rotatable bonds is 3. The van der Waals surface area contributed by atoms with Crippen LogP contribution in [0.25, 0.3) is 0 Å². The predicted molar refractivity (Wildman–Crippen MR) is 69.2 cm³/mol. The number of aliphatic hydroxyl groups excluding tert-OH is 1. The smallest absolute Gasteiger partial charge is 0.165 e. The van der Waals surface area contributed by atoms with Gasteiger partial charge in [0.1, 0.15) is 5.41 Å². The number of methoxy groups -OCH3 is 1. The van der Waals surface area contributed by atoms with Crippen LogP contribution in [0, 0.1) is 22.6 Å². The number of aliphatic hydroxyl groups is 1. The van der Waals surface area contributed by atoms with Crippen LogP contribution < -0.4 is 4.74 Å². The standard InChI is InChI=1S/C13H14FNO4S/c1-19-11-3-2-9(6-10(11)14)12(16)13(7-15)4-5-20(17,18)8-13/h2-3,6,12,16H,4-5,8H2,1H3. The Hall–Kier alpha value is -1.65. The summed E-state index contributed by atoms with van der Waals surface area (Å²) in [7, 11) is -2.03. The lowest BCUT2D eigenvalue weighted by Crippen LogP contribution is -2.29. The number of nitrogens with zero attached hydrogens (tertiary/aromatic N) is 1. The van der Waals surface area contributed by atoms with E-state index in [1.54, 1.807) is 0 Å². The van der Waals surface area contributed by atoms with E-state index in [2.05, 4.69) is 0 Å². The highest BCUT2D eigenvalue weighted by molar-refractivity contribution is 7.91. The molecule has 1 aliphatic heterocycles. The van der Waals surface area contributed by atoms with Crippen LogP contribution in [0.5, 0.6) is 5.75 Å². The van der Waals surface area contributed by atoms with Gasteiger partial charge in [0.2, 0.25) is 0 Å². The monoisotopic (exact) mass is 299 g/mol. The van der Waals surface area contributed by atoms with Crippen molar-refractivity contribution in [2.45, 2.75) is 12.5 Å². The third kappa shape index (κ3) is 2.49. The van der Waals surface area contributed by atoms with Crippen LogP contribution in [0.3, 0.4) is 0 Å². The lowest BCUT2D eigenvalue weighted by molar-refractivity contribution is 0.0789. The average molecular weight is 299 g/mol. The van der Waals surface area contributed by atoms with Gasteiger partial charge in [0.15, 0.2) is 21.4 Å². The molecule has 0 amide bonds. The van der Waals surface area contributed by atoms with E-state index in [1.807, 2.05) is 6.07 Å². The molecule has 0 aromatic heterocycles. The van der Waals surface area contributed by atoms with Gasteiger partial charge in [0, 0.05) is 0 Å². The molecule has 108 valence electrons. The van der Waals surface area contributed by atoms with Gasteiger partial charge in [0.05, 0.1) is 30.8 Å². The molecule has 0 aliphatic carbocycles. The second-order valence-corrected chi connectivity index (χ2v) is 7.09. The lowest BCUT2D eigenvalue weighted by atomic mass is 9.80. The first-order chi connectivity index (χ1) is 9.33. The molecule has 2 rings (SSSR count). The van der Waals surface area contributed by atoms with Crippen LogP contribution in [0.4, 0.5) is 4.39 Å². The quantitative estimate of drug-likeness (QED) is 0.906.